The number of carbonyl (C=O) groups excluding carboxylic acids is 2. The van der Waals surface area contributed by atoms with Crippen LogP contribution in [0.4, 0.5) is 10.1 Å². The van der Waals surface area contributed by atoms with Gasteiger partial charge in [-0.15, -0.1) is 10.2 Å². The minimum absolute atomic E-state index is 0.0282. The summed E-state index contributed by atoms with van der Waals surface area (Å²) in [4.78, 5) is 24.6. The molecular weight excluding hydrogens is 485 g/mol. The number of nitrogens with one attached hydrogen (secondary N) is 2. The van der Waals surface area contributed by atoms with Gasteiger partial charge in [0.1, 0.15) is 5.82 Å². The molecule has 0 unspecified atom stereocenters. The fraction of sp³-hybridized carbons (Fsp3) is 0.238. The average molecular weight is 506 g/mol. The van der Waals surface area contributed by atoms with Gasteiger partial charge in [-0.1, -0.05) is 39.8 Å². The molecule has 10 heteroatoms. The molecule has 7 nitrogen and oxygen atoms in total. The molecule has 0 aliphatic carbocycles. The Bertz CT molecular complexity index is 1110. The summed E-state index contributed by atoms with van der Waals surface area (Å²) in [6.45, 7) is 4.50. The molecule has 0 saturated carbocycles. The first-order valence-electron chi connectivity index (χ1n) is 9.52. The second-order valence-electron chi connectivity index (χ2n) is 6.60. The monoisotopic (exact) mass is 505 g/mol. The van der Waals surface area contributed by atoms with Gasteiger partial charge in [-0.25, -0.2) is 4.39 Å². The van der Waals surface area contributed by atoms with Crippen LogP contribution in [-0.4, -0.2) is 32.3 Å². The van der Waals surface area contributed by atoms with E-state index in [0.717, 1.165) is 15.7 Å². The van der Waals surface area contributed by atoms with E-state index in [-0.39, 0.29) is 23.8 Å². The van der Waals surface area contributed by atoms with E-state index in [1.807, 2.05) is 36.6 Å². The Balaban J connectivity index is 1.58. The van der Waals surface area contributed by atoms with Gasteiger partial charge in [0.2, 0.25) is 5.91 Å². The number of rotatable bonds is 8. The van der Waals surface area contributed by atoms with Crippen molar-refractivity contribution in [3.63, 3.8) is 0 Å². The third-order valence-corrected chi connectivity index (χ3v) is 5.89. The van der Waals surface area contributed by atoms with Gasteiger partial charge in [0.15, 0.2) is 11.0 Å². The maximum atomic E-state index is 13.8. The molecule has 0 atom stereocenters. The van der Waals surface area contributed by atoms with Crippen LogP contribution < -0.4 is 10.6 Å². The highest BCUT2D eigenvalue weighted by Crippen LogP contribution is 2.21. The Kier molecular flexibility index (Phi) is 7.80. The molecule has 0 fully saturated rings. The van der Waals surface area contributed by atoms with E-state index >= 15 is 0 Å². The fourth-order valence-corrected chi connectivity index (χ4v) is 4.15. The molecule has 2 amide bonds. The topological polar surface area (TPSA) is 88.9 Å². The van der Waals surface area contributed by atoms with Crippen molar-refractivity contribution in [2.75, 3.05) is 11.1 Å². The van der Waals surface area contributed by atoms with Gasteiger partial charge in [-0.2, -0.15) is 0 Å². The highest BCUT2D eigenvalue weighted by molar-refractivity contribution is 9.10. The number of anilines is 1. The van der Waals surface area contributed by atoms with Gasteiger partial charge >= 0.3 is 0 Å². The number of hydrogen-bond acceptors (Lipinski definition) is 5. The van der Waals surface area contributed by atoms with Crippen LogP contribution in [0.2, 0.25) is 0 Å². The lowest BCUT2D eigenvalue weighted by Crippen LogP contribution is -2.25. The molecule has 2 aromatic carbocycles. The molecule has 0 spiro atoms. The summed E-state index contributed by atoms with van der Waals surface area (Å²) in [7, 11) is 0. The Labute approximate surface area is 192 Å². The quantitative estimate of drug-likeness (QED) is 0.448. The summed E-state index contributed by atoms with van der Waals surface area (Å²) in [5.74, 6) is -0.577. The predicted molar refractivity (Wildman–Crippen MR) is 121 cm³/mol. The zero-order valence-corrected chi connectivity index (χ0v) is 19.4. The van der Waals surface area contributed by atoms with Crippen LogP contribution in [0, 0.1) is 12.7 Å². The molecule has 1 aromatic heterocycles. The largest absolute Gasteiger partial charge is 0.345 e. The minimum atomic E-state index is -0.583. The van der Waals surface area contributed by atoms with Crippen molar-refractivity contribution in [3.05, 3.63) is 69.7 Å². The first kappa shape index (κ1) is 23.0. The standard InChI is InChI=1S/C21H21BrFN5O2S/c1-3-28-18(11-24-20(30)15-6-4-5-7-16(15)23)26-27-21(28)31-12-19(29)25-17-9-8-14(22)10-13(17)2/h4-10H,3,11-12H2,1-2H3,(H,24,30)(H,25,29). The molecule has 0 radical (unpaired) electrons. The smallest absolute Gasteiger partial charge is 0.254 e. The van der Waals surface area contributed by atoms with Crippen molar-refractivity contribution in [2.24, 2.45) is 0 Å². The Morgan fingerprint density at radius 1 is 1.19 bits per heavy atom. The van der Waals surface area contributed by atoms with Crippen molar-refractivity contribution in [2.45, 2.75) is 32.1 Å². The number of amides is 2. The van der Waals surface area contributed by atoms with Crippen LogP contribution in [0.1, 0.15) is 28.7 Å². The minimum Gasteiger partial charge on any atom is -0.345 e. The van der Waals surface area contributed by atoms with Crippen molar-refractivity contribution in [3.8, 4) is 0 Å². The number of halogens is 2. The number of thioether (sulfide) groups is 1. The van der Waals surface area contributed by atoms with Gasteiger partial charge in [0.25, 0.3) is 5.91 Å². The van der Waals surface area contributed by atoms with E-state index in [2.05, 4.69) is 36.8 Å². The lowest BCUT2D eigenvalue weighted by molar-refractivity contribution is -0.113. The normalized spacial score (nSPS) is 10.7. The molecule has 0 aliphatic rings. The third-order valence-electron chi connectivity index (χ3n) is 4.43. The van der Waals surface area contributed by atoms with Gasteiger partial charge in [-0.05, 0) is 49.7 Å². The van der Waals surface area contributed by atoms with Crippen molar-refractivity contribution in [1.82, 2.24) is 20.1 Å². The molecule has 3 aromatic rings. The Morgan fingerprint density at radius 3 is 2.68 bits per heavy atom. The van der Waals surface area contributed by atoms with Crippen LogP contribution in [-0.2, 0) is 17.9 Å². The molecular formula is C21H21BrFN5O2S. The van der Waals surface area contributed by atoms with Crippen LogP contribution in [0.25, 0.3) is 0 Å². The average Bonchev–Trinajstić information content (AvgIpc) is 3.14. The summed E-state index contributed by atoms with van der Waals surface area (Å²) in [6, 6.07) is 11.4. The van der Waals surface area contributed by atoms with Crippen LogP contribution in [0.15, 0.2) is 52.1 Å². The first-order chi connectivity index (χ1) is 14.9. The van der Waals surface area contributed by atoms with Gasteiger partial charge < -0.3 is 15.2 Å². The van der Waals surface area contributed by atoms with E-state index in [1.54, 1.807) is 6.07 Å². The summed E-state index contributed by atoms with van der Waals surface area (Å²) < 4.78 is 16.5. The van der Waals surface area contributed by atoms with E-state index in [1.165, 1.54) is 30.0 Å². The zero-order valence-electron chi connectivity index (χ0n) is 17.0. The SMILES string of the molecule is CCn1c(CNC(=O)c2ccccc2F)nnc1SCC(=O)Nc1ccc(Br)cc1C. The molecule has 2 N–H and O–H groups in total. The molecule has 3 rings (SSSR count). The zero-order chi connectivity index (χ0) is 22.4. The molecule has 1 heterocycles. The second-order valence-corrected chi connectivity index (χ2v) is 8.46. The summed E-state index contributed by atoms with van der Waals surface area (Å²) in [6.07, 6.45) is 0. The summed E-state index contributed by atoms with van der Waals surface area (Å²) in [5, 5.41) is 14.3. The van der Waals surface area contributed by atoms with Crippen LogP contribution in [0.3, 0.4) is 0 Å². The molecule has 0 bridgehead atoms. The van der Waals surface area contributed by atoms with E-state index in [0.29, 0.717) is 17.5 Å². The Morgan fingerprint density at radius 2 is 1.97 bits per heavy atom. The number of aromatic nitrogens is 3. The number of carbonyl (C=O) groups is 2. The number of aryl methyl sites for hydroxylation is 1. The van der Waals surface area contributed by atoms with Gasteiger partial charge in [0, 0.05) is 16.7 Å². The molecule has 31 heavy (non-hydrogen) atoms. The second kappa shape index (κ2) is 10.5. The molecule has 162 valence electrons. The van der Waals surface area contributed by atoms with Crippen molar-refractivity contribution in [1.29, 1.82) is 0 Å². The molecule has 0 saturated heterocycles. The number of hydrogen-bond donors (Lipinski definition) is 2. The lowest BCUT2D eigenvalue weighted by Gasteiger charge is -2.10. The van der Waals surface area contributed by atoms with Crippen LogP contribution in [0.5, 0.6) is 0 Å². The predicted octanol–water partition coefficient (Wildman–Crippen LogP) is 4.17. The van der Waals surface area contributed by atoms with Gasteiger partial charge in [-0.3, -0.25) is 9.59 Å². The van der Waals surface area contributed by atoms with Crippen molar-refractivity contribution >= 4 is 45.2 Å². The maximum Gasteiger partial charge on any atom is 0.254 e. The third kappa shape index (κ3) is 5.92. The Hall–Kier alpha value is -2.72. The maximum absolute atomic E-state index is 13.8. The van der Waals surface area contributed by atoms with E-state index in [9.17, 15) is 14.0 Å². The number of nitrogens with zero attached hydrogens (tertiary/aromatic N) is 3. The van der Waals surface area contributed by atoms with E-state index in [4.69, 9.17) is 0 Å². The van der Waals surface area contributed by atoms with E-state index < -0.39 is 11.7 Å². The highest BCUT2D eigenvalue weighted by atomic mass is 79.9. The summed E-state index contributed by atoms with van der Waals surface area (Å²) >= 11 is 4.66. The lowest BCUT2D eigenvalue weighted by atomic mass is 10.2. The van der Waals surface area contributed by atoms with Gasteiger partial charge in [0.05, 0.1) is 17.9 Å². The number of benzene rings is 2. The molecule has 0 aliphatic heterocycles. The first-order valence-corrected chi connectivity index (χ1v) is 11.3. The summed E-state index contributed by atoms with van der Waals surface area (Å²) in [5.41, 5.74) is 1.68. The van der Waals surface area contributed by atoms with Crippen molar-refractivity contribution < 1.29 is 14.0 Å². The van der Waals surface area contributed by atoms with Crippen LogP contribution >= 0.6 is 27.7 Å². The highest BCUT2D eigenvalue weighted by Gasteiger charge is 2.16. The fourth-order valence-electron chi connectivity index (χ4n) is 2.86.